The summed E-state index contributed by atoms with van der Waals surface area (Å²) in [6.45, 7) is 3.35. The number of piperidine rings is 1. The first kappa shape index (κ1) is 15.0. The molecule has 1 heterocycles. The zero-order valence-corrected chi connectivity index (χ0v) is 13.7. The molecule has 1 aliphatic heterocycles. The fraction of sp³-hybridized carbons (Fsp3) is 0.625. The normalized spacial score (nSPS) is 22.2. The SMILES string of the molecule is CNC1(C)CCN(S(=O)(=O)c2ccc3c(c2)CCC3)CC1. The summed E-state index contributed by atoms with van der Waals surface area (Å²) >= 11 is 0. The van der Waals surface area contributed by atoms with Gasteiger partial charge in [-0.2, -0.15) is 4.31 Å². The summed E-state index contributed by atoms with van der Waals surface area (Å²) in [5, 5.41) is 3.30. The van der Waals surface area contributed by atoms with Gasteiger partial charge in [-0.25, -0.2) is 8.42 Å². The molecule has 1 aromatic rings. The van der Waals surface area contributed by atoms with Gasteiger partial charge in [-0.05, 0) is 69.3 Å². The minimum absolute atomic E-state index is 0.0595. The van der Waals surface area contributed by atoms with Gasteiger partial charge in [0.1, 0.15) is 0 Å². The minimum atomic E-state index is -3.34. The highest BCUT2D eigenvalue weighted by atomic mass is 32.2. The molecule has 2 aliphatic rings. The van der Waals surface area contributed by atoms with Crippen LogP contribution in [0.1, 0.15) is 37.3 Å². The van der Waals surface area contributed by atoms with E-state index in [0.29, 0.717) is 18.0 Å². The number of rotatable bonds is 3. The molecule has 116 valence electrons. The molecule has 1 N–H and O–H groups in total. The fourth-order valence-electron chi connectivity index (χ4n) is 3.33. The Bertz CT molecular complexity index is 632. The van der Waals surface area contributed by atoms with Gasteiger partial charge in [0.15, 0.2) is 0 Å². The number of nitrogens with zero attached hydrogens (tertiary/aromatic N) is 1. The Balaban J connectivity index is 1.82. The third-order valence-corrected chi connectivity index (χ3v) is 7.03. The maximum atomic E-state index is 12.8. The van der Waals surface area contributed by atoms with Crippen molar-refractivity contribution in [3.63, 3.8) is 0 Å². The Morgan fingerprint density at radius 2 is 1.81 bits per heavy atom. The van der Waals surface area contributed by atoms with E-state index in [9.17, 15) is 8.42 Å². The molecular weight excluding hydrogens is 284 g/mol. The second-order valence-electron chi connectivity index (χ2n) is 6.50. The van der Waals surface area contributed by atoms with Crippen molar-refractivity contribution in [1.82, 2.24) is 9.62 Å². The molecule has 5 heteroatoms. The van der Waals surface area contributed by atoms with Gasteiger partial charge in [-0.1, -0.05) is 6.07 Å². The van der Waals surface area contributed by atoms with Crippen LogP contribution in [0.5, 0.6) is 0 Å². The number of hydrogen-bond acceptors (Lipinski definition) is 3. The van der Waals surface area contributed by atoms with Crippen LogP contribution in [0.4, 0.5) is 0 Å². The number of benzene rings is 1. The van der Waals surface area contributed by atoms with E-state index >= 15 is 0 Å². The average molecular weight is 308 g/mol. The van der Waals surface area contributed by atoms with Crippen molar-refractivity contribution < 1.29 is 8.42 Å². The van der Waals surface area contributed by atoms with Gasteiger partial charge >= 0.3 is 0 Å². The van der Waals surface area contributed by atoms with Gasteiger partial charge in [-0.15, -0.1) is 0 Å². The Hall–Kier alpha value is -0.910. The van der Waals surface area contributed by atoms with E-state index in [4.69, 9.17) is 0 Å². The van der Waals surface area contributed by atoms with E-state index < -0.39 is 10.0 Å². The van der Waals surface area contributed by atoms with Gasteiger partial charge in [0.05, 0.1) is 4.90 Å². The van der Waals surface area contributed by atoms with E-state index in [1.165, 1.54) is 11.1 Å². The number of aryl methyl sites for hydroxylation is 2. The molecule has 4 nitrogen and oxygen atoms in total. The first-order valence-corrected chi connectivity index (χ1v) is 9.19. The largest absolute Gasteiger partial charge is 0.314 e. The van der Waals surface area contributed by atoms with Crippen LogP contribution >= 0.6 is 0 Å². The van der Waals surface area contributed by atoms with Crippen LogP contribution in [0.25, 0.3) is 0 Å². The van der Waals surface area contributed by atoms with Gasteiger partial charge in [0, 0.05) is 18.6 Å². The molecule has 1 aliphatic carbocycles. The van der Waals surface area contributed by atoms with Gasteiger partial charge in [0.25, 0.3) is 0 Å². The monoisotopic (exact) mass is 308 g/mol. The van der Waals surface area contributed by atoms with Crippen molar-refractivity contribution in [3.05, 3.63) is 29.3 Å². The smallest absolute Gasteiger partial charge is 0.243 e. The minimum Gasteiger partial charge on any atom is -0.314 e. The summed E-state index contributed by atoms with van der Waals surface area (Å²) in [4.78, 5) is 0.469. The van der Waals surface area contributed by atoms with Crippen LogP contribution in [0.3, 0.4) is 0 Å². The predicted molar refractivity (Wildman–Crippen MR) is 83.9 cm³/mol. The van der Waals surface area contributed by atoms with Crippen LogP contribution in [-0.4, -0.2) is 38.4 Å². The summed E-state index contributed by atoms with van der Waals surface area (Å²) in [5.41, 5.74) is 2.59. The van der Waals surface area contributed by atoms with E-state index in [0.717, 1.165) is 32.1 Å². The molecule has 0 unspecified atom stereocenters. The predicted octanol–water partition coefficient (Wildman–Crippen LogP) is 1.94. The Kier molecular flexibility index (Phi) is 3.84. The van der Waals surface area contributed by atoms with Crippen molar-refractivity contribution in [1.29, 1.82) is 0 Å². The lowest BCUT2D eigenvalue weighted by molar-refractivity contribution is 0.219. The lowest BCUT2D eigenvalue weighted by Gasteiger charge is -2.38. The third kappa shape index (κ3) is 2.74. The molecule has 0 saturated carbocycles. The summed E-state index contributed by atoms with van der Waals surface area (Å²) in [7, 11) is -1.39. The highest BCUT2D eigenvalue weighted by molar-refractivity contribution is 7.89. The van der Waals surface area contributed by atoms with Gasteiger partial charge in [-0.3, -0.25) is 0 Å². The second-order valence-corrected chi connectivity index (χ2v) is 8.44. The summed E-state index contributed by atoms with van der Waals surface area (Å²) in [6, 6.07) is 5.67. The van der Waals surface area contributed by atoms with Crippen molar-refractivity contribution in [2.24, 2.45) is 0 Å². The van der Waals surface area contributed by atoms with Crippen LogP contribution in [0, 0.1) is 0 Å². The third-order valence-electron chi connectivity index (χ3n) is 5.14. The molecule has 0 atom stereocenters. The second kappa shape index (κ2) is 5.38. The highest BCUT2D eigenvalue weighted by Crippen LogP contribution is 2.29. The molecule has 1 saturated heterocycles. The van der Waals surface area contributed by atoms with Crippen molar-refractivity contribution in [2.45, 2.75) is 49.5 Å². The van der Waals surface area contributed by atoms with Crippen molar-refractivity contribution in [3.8, 4) is 0 Å². The quantitative estimate of drug-likeness (QED) is 0.928. The van der Waals surface area contributed by atoms with E-state index in [1.54, 1.807) is 10.4 Å². The first-order valence-electron chi connectivity index (χ1n) is 7.75. The molecule has 1 aromatic carbocycles. The number of fused-ring (bicyclic) bond motifs is 1. The van der Waals surface area contributed by atoms with E-state index in [2.05, 4.69) is 12.2 Å². The molecule has 0 amide bonds. The van der Waals surface area contributed by atoms with Crippen LogP contribution in [0.15, 0.2) is 23.1 Å². The van der Waals surface area contributed by atoms with Crippen LogP contribution in [-0.2, 0) is 22.9 Å². The molecule has 0 aromatic heterocycles. The summed E-state index contributed by atoms with van der Waals surface area (Å²) in [5.74, 6) is 0. The van der Waals surface area contributed by atoms with Gasteiger partial charge < -0.3 is 5.32 Å². The average Bonchev–Trinajstić information content (AvgIpc) is 2.95. The van der Waals surface area contributed by atoms with Crippen LogP contribution in [0.2, 0.25) is 0 Å². The number of hydrogen-bond donors (Lipinski definition) is 1. The standard InChI is InChI=1S/C16H24N2O2S/c1-16(17-2)8-10-18(11-9-16)21(19,20)15-7-6-13-4-3-5-14(13)12-15/h6-7,12,17H,3-5,8-11H2,1-2H3. The van der Waals surface area contributed by atoms with Crippen molar-refractivity contribution in [2.75, 3.05) is 20.1 Å². The molecule has 21 heavy (non-hydrogen) atoms. The Morgan fingerprint density at radius 3 is 2.48 bits per heavy atom. The zero-order valence-electron chi connectivity index (χ0n) is 12.9. The molecule has 1 fully saturated rings. The molecule has 0 radical (unpaired) electrons. The molecule has 0 spiro atoms. The molecule has 3 rings (SSSR count). The maximum Gasteiger partial charge on any atom is 0.243 e. The summed E-state index contributed by atoms with van der Waals surface area (Å²) in [6.07, 6.45) is 4.95. The topological polar surface area (TPSA) is 49.4 Å². The van der Waals surface area contributed by atoms with Crippen molar-refractivity contribution >= 4 is 10.0 Å². The number of sulfonamides is 1. The number of nitrogens with one attached hydrogen (secondary N) is 1. The van der Waals surface area contributed by atoms with E-state index in [1.807, 2.05) is 19.2 Å². The highest BCUT2D eigenvalue weighted by Gasteiger charge is 2.34. The zero-order chi connectivity index (χ0) is 15.1. The maximum absolute atomic E-state index is 12.8. The fourth-order valence-corrected chi connectivity index (χ4v) is 4.82. The molecule has 0 bridgehead atoms. The summed E-state index contributed by atoms with van der Waals surface area (Å²) < 4.78 is 27.2. The van der Waals surface area contributed by atoms with Crippen LogP contribution < -0.4 is 5.32 Å². The van der Waals surface area contributed by atoms with Gasteiger partial charge in [0.2, 0.25) is 10.0 Å². The van der Waals surface area contributed by atoms with E-state index in [-0.39, 0.29) is 5.54 Å². The lowest BCUT2D eigenvalue weighted by Crippen LogP contribution is -2.51. The Labute approximate surface area is 127 Å². The lowest BCUT2D eigenvalue weighted by atomic mass is 9.91. The first-order chi connectivity index (χ1) is 9.94. The molecular formula is C16H24N2O2S. The Morgan fingerprint density at radius 1 is 1.14 bits per heavy atom.